The van der Waals surface area contributed by atoms with Crippen LogP contribution in [0.1, 0.15) is 37.2 Å². The molecule has 2 rings (SSSR count). The lowest BCUT2D eigenvalue weighted by Crippen LogP contribution is -2.30. The van der Waals surface area contributed by atoms with E-state index >= 15 is 0 Å². The molecule has 0 radical (unpaired) electrons. The molecule has 3 nitrogen and oxygen atoms in total. The van der Waals surface area contributed by atoms with E-state index in [2.05, 4.69) is 16.4 Å². The molecule has 0 spiro atoms. The van der Waals surface area contributed by atoms with E-state index in [1.54, 1.807) is 6.20 Å². The lowest BCUT2D eigenvalue weighted by Gasteiger charge is -2.29. The Morgan fingerprint density at radius 2 is 2.33 bits per heavy atom. The Kier molecular flexibility index (Phi) is 3.21. The summed E-state index contributed by atoms with van der Waals surface area (Å²) in [6.07, 6.45) is 6.76. The SMILES string of the molecule is CNC1CCCC(c2cccnc2N)C1. The summed E-state index contributed by atoms with van der Waals surface area (Å²) in [5.74, 6) is 1.30. The fourth-order valence-corrected chi connectivity index (χ4v) is 2.51. The van der Waals surface area contributed by atoms with Crippen molar-refractivity contribution in [1.29, 1.82) is 0 Å². The van der Waals surface area contributed by atoms with Gasteiger partial charge in [-0.15, -0.1) is 0 Å². The summed E-state index contributed by atoms with van der Waals surface area (Å²) in [5.41, 5.74) is 7.14. The number of nitrogens with zero attached hydrogens (tertiary/aromatic N) is 1. The molecule has 1 aromatic rings. The van der Waals surface area contributed by atoms with Gasteiger partial charge < -0.3 is 11.1 Å². The molecule has 1 saturated carbocycles. The second-order valence-electron chi connectivity index (χ2n) is 4.33. The summed E-state index contributed by atoms with van der Waals surface area (Å²) in [6.45, 7) is 0. The van der Waals surface area contributed by atoms with Crippen LogP contribution in [-0.2, 0) is 0 Å². The molecule has 1 heterocycles. The normalized spacial score (nSPS) is 26.5. The minimum absolute atomic E-state index is 0.588. The first-order valence-corrected chi connectivity index (χ1v) is 5.69. The molecule has 1 fully saturated rings. The first-order valence-electron chi connectivity index (χ1n) is 5.69. The molecule has 0 bridgehead atoms. The van der Waals surface area contributed by atoms with Crippen LogP contribution in [0.25, 0.3) is 0 Å². The van der Waals surface area contributed by atoms with Crippen LogP contribution in [0.2, 0.25) is 0 Å². The van der Waals surface area contributed by atoms with E-state index in [1.165, 1.54) is 31.2 Å². The fraction of sp³-hybridized carbons (Fsp3) is 0.583. The first-order chi connectivity index (χ1) is 7.31. The van der Waals surface area contributed by atoms with Gasteiger partial charge in [0.05, 0.1) is 0 Å². The van der Waals surface area contributed by atoms with Crippen molar-refractivity contribution in [3.8, 4) is 0 Å². The molecule has 0 aromatic carbocycles. The maximum atomic E-state index is 5.91. The molecule has 0 saturated heterocycles. The van der Waals surface area contributed by atoms with Crippen molar-refractivity contribution in [1.82, 2.24) is 10.3 Å². The number of pyridine rings is 1. The summed E-state index contributed by atoms with van der Waals surface area (Å²) >= 11 is 0. The third kappa shape index (κ3) is 2.29. The highest BCUT2D eigenvalue weighted by atomic mass is 14.9. The van der Waals surface area contributed by atoms with Gasteiger partial charge in [-0.3, -0.25) is 0 Å². The first kappa shape index (κ1) is 10.4. The standard InChI is InChI=1S/C12H19N3/c1-14-10-5-2-4-9(8-10)11-6-3-7-15-12(11)13/h3,6-7,9-10,14H,2,4-5,8H2,1H3,(H2,13,15). The molecule has 1 aliphatic rings. The Morgan fingerprint density at radius 3 is 3.07 bits per heavy atom. The predicted molar refractivity (Wildman–Crippen MR) is 62.7 cm³/mol. The van der Waals surface area contributed by atoms with Crippen molar-refractivity contribution in [2.75, 3.05) is 12.8 Å². The second kappa shape index (κ2) is 4.62. The van der Waals surface area contributed by atoms with Crippen LogP contribution in [0.3, 0.4) is 0 Å². The van der Waals surface area contributed by atoms with E-state index in [0.29, 0.717) is 17.8 Å². The molecule has 82 valence electrons. The zero-order valence-electron chi connectivity index (χ0n) is 9.24. The molecule has 2 unspecified atom stereocenters. The zero-order valence-corrected chi connectivity index (χ0v) is 9.24. The largest absolute Gasteiger partial charge is 0.383 e. The van der Waals surface area contributed by atoms with Crippen molar-refractivity contribution >= 4 is 5.82 Å². The Balaban J connectivity index is 2.13. The summed E-state index contributed by atoms with van der Waals surface area (Å²) in [7, 11) is 2.04. The molecule has 3 heteroatoms. The molecule has 0 amide bonds. The summed E-state index contributed by atoms with van der Waals surface area (Å²) < 4.78 is 0. The second-order valence-corrected chi connectivity index (χ2v) is 4.33. The topological polar surface area (TPSA) is 50.9 Å². The van der Waals surface area contributed by atoms with E-state index in [4.69, 9.17) is 5.73 Å². The van der Waals surface area contributed by atoms with Crippen LogP contribution < -0.4 is 11.1 Å². The highest BCUT2D eigenvalue weighted by molar-refractivity contribution is 5.41. The predicted octanol–water partition coefficient (Wildman–Crippen LogP) is 1.91. The highest BCUT2D eigenvalue weighted by Crippen LogP contribution is 2.34. The number of aromatic nitrogens is 1. The van der Waals surface area contributed by atoms with Gasteiger partial charge in [0.2, 0.25) is 0 Å². The van der Waals surface area contributed by atoms with Crippen molar-refractivity contribution in [2.24, 2.45) is 0 Å². The maximum absolute atomic E-state index is 5.91. The van der Waals surface area contributed by atoms with Gasteiger partial charge in [0.1, 0.15) is 5.82 Å². The van der Waals surface area contributed by atoms with Crippen molar-refractivity contribution < 1.29 is 0 Å². The fourth-order valence-electron chi connectivity index (χ4n) is 2.51. The monoisotopic (exact) mass is 205 g/mol. The average Bonchev–Trinajstić information content (AvgIpc) is 2.30. The summed E-state index contributed by atoms with van der Waals surface area (Å²) in [6, 6.07) is 4.74. The molecule has 1 aliphatic carbocycles. The Labute approximate surface area is 91.1 Å². The number of nitrogens with two attached hydrogens (primary N) is 1. The Hall–Kier alpha value is -1.09. The molecule has 3 N–H and O–H groups in total. The zero-order chi connectivity index (χ0) is 10.7. The third-order valence-electron chi connectivity index (χ3n) is 3.39. The van der Waals surface area contributed by atoms with Gasteiger partial charge in [-0.2, -0.15) is 0 Å². The summed E-state index contributed by atoms with van der Waals surface area (Å²) in [4.78, 5) is 4.16. The van der Waals surface area contributed by atoms with Gasteiger partial charge in [0.25, 0.3) is 0 Å². The molecule has 15 heavy (non-hydrogen) atoms. The number of hydrogen-bond donors (Lipinski definition) is 2. The minimum atomic E-state index is 0.588. The van der Waals surface area contributed by atoms with Crippen molar-refractivity contribution in [3.05, 3.63) is 23.9 Å². The molecule has 2 atom stereocenters. The van der Waals surface area contributed by atoms with Gasteiger partial charge in [0.15, 0.2) is 0 Å². The molecular weight excluding hydrogens is 186 g/mol. The third-order valence-corrected chi connectivity index (χ3v) is 3.39. The average molecular weight is 205 g/mol. The Bertz CT molecular complexity index is 324. The van der Waals surface area contributed by atoms with Gasteiger partial charge in [0, 0.05) is 12.2 Å². The number of rotatable bonds is 2. The van der Waals surface area contributed by atoms with Crippen LogP contribution in [0.5, 0.6) is 0 Å². The van der Waals surface area contributed by atoms with E-state index in [0.717, 1.165) is 0 Å². The van der Waals surface area contributed by atoms with Gasteiger partial charge in [-0.25, -0.2) is 4.98 Å². The molecule has 0 aliphatic heterocycles. The van der Waals surface area contributed by atoms with Gasteiger partial charge >= 0.3 is 0 Å². The van der Waals surface area contributed by atoms with Crippen molar-refractivity contribution in [2.45, 2.75) is 37.6 Å². The van der Waals surface area contributed by atoms with Crippen LogP contribution in [0.15, 0.2) is 18.3 Å². The molecular formula is C12H19N3. The van der Waals surface area contributed by atoms with E-state index in [1.807, 2.05) is 13.1 Å². The lowest BCUT2D eigenvalue weighted by atomic mass is 9.81. The number of nitrogens with one attached hydrogen (secondary N) is 1. The van der Waals surface area contributed by atoms with Crippen LogP contribution in [0.4, 0.5) is 5.82 Å². The quantitative estimate of drug-likeness (QED) is 0.775. The Morgan fingerprint density at radius 1 is 1.47 bits per heavy atom. The van der Waals surface area contributed by atoms with Gasteiger partial charge in [-0.1, -0.05) is 12.5 Å². The summed E-state index contributed by atoms with van der Waals surface area (Å²) in [5, 5.41) is 3.36. The van der Waals surface area contributed by atoms with E-state index in [9.17, 15) is 0 Å². The van der Waals surface area contributed by atoms with E-state index < -0.39 is 0 Å². The lowest BCUT2D eigenvalue weighted by molar-refractivity contribution is 0.355. The number of anilines is 1. The molecule has 1 aromatic heterocycles. The van der Waals surface area contributed by atoms with Crippen LogP contribution >= 0.6 is 0 Å². The smallest absolute Gasteiger partial charge is 0.126 e. The highest BCUT2D eigenvalue weighted by Gasteiger charge is 2.23. The van der Waals surface area contributed by atoms with Crippen LogP contribution in [0, 0.1) is 0 Å². The minimum Gasteiger partial charge on any atom is -0.383 e. The number of nitrogen functional groups attached to an aromatic ring is 1. The number of hydrogen-bond acceptors (Lipinski definition) is 3. The maximum Gasteiger partial charge on any atom is 0.126 e. The van der Waals surface area contributed by atoms with Crippen LogP contribution in [-0.4, -0.2) is 18.1 Å². The van der Waals surface area contributed by atoms with E-state index in [-0.39, 0.29) is 0 Å². The van der Waals surface area contributed by atoms with Crippen molar-refractivity contribution in [3.63, 3.8) is 0 Å². The van der Waals surface area contributed by atoms with Gasteiger partial charge in [-0.05, 0) is 43.9 Å².